The van der Waals surface area contributed by atoms with Crippen molar-refractivity contribution in [2.75, 3.05) is 7.11 Å². The maximum atomic E-state index is 6.02. The summed E-state index contributed by atoms with van der Waals surface area (Å²) in [6, 6.07) is 13.2. The molecule has 0 heterocycles. The van der Waals surface area contributed by atoms with Gasteiger partial charge >= 0.3 is 0 Å². The van der Waals surface area contributed by atoms with Gasteiger partial charge in [0.15, 0.2) is 0 Å². The summed E-state index contributed by atoms with van der Waals surface area (Å²) in [5.41, 5.74) is 1.20. The van der Waals surface area contributed by atoms with Crippen molar-refractivity contribution in [1.82, 2.24) is 0 Å². The van der Waals surface area contributed by atoms with E-state index in [2.05, 4.69) is 0 Å². The Bertz CT molecular complexity index is 506. The molecule has 88 valence electrons. The second-order valence-corrected chi connectivity index (χ2v) is 4.12. The van der Waals surface area contributed by atoms with E-state index < -0.39 is 0 Å². The molecule has 0 atom stereocenters. The molecule has 0 N–H and O–H groups in total. The van der Waals surface area contributed by atoms with Crippen LogP contribution in [0.4, 0.5) is 0 Å². The van der Waals surface area contributed by atoms with Crippen LogP contribution < -0.4 is 9.47 Å². The van der Waals surface area contributed by atoms with Crippen molar-refractivity contribution in [3.05, 3.63) is 53.1 Å². The summed E-state index contributed by atoms with van der Waals surface area (Å²) in [6.07, 6.45) is 0. The lowest BCUT2D eigenvalue weighted by atomic mass is 10.2. The Kier molecular flexibility index (Phi) is 3.55. The summed E-state index contributed by atoms with van der Waals surface area (Å²) in [7, 11) is 1.59. The van der Waals surface area contributed by atoms with Gasteiger partial charge in [-0.05, 0) is 31.2 Å². The molecule has 0 unspecified atom stereocenters. The Balaban J connectivity index is 2.19. The van der Waals surface area contributed by atoms with Crippen LogP contribution in [0.25, 0.3) is 0 Å². The van der Waals surface area contributed by atoms with Gasteiger partial charge in [0, 0.05) is 6.07 Å². The average molecular weight is 249 g/mol. The molecule has 17 heavy (non-hydrogen) atoms. The van der Waals surface area contributed by atoms with Crippen molar-refractivity contribution in [3.63, 3.8) is 0 Å². The van der Waals surface area contributed by atoms with E-state index in [4.69, 9.17) is 21.1 Å². The summed E-state index contributed by atoms with van der Waals surface area (Å²) in [4.78, 5) is 0. The monoisotopic (exact) mass is 248 g/mol. The molecule has 3 heteroatoms. The van der Waals surface area contributed by atoms with Crippen LogP contribution in [0.3, 0.4) is 0 Å². The highest BCUT2D eigenvalue weighted by molar-refractivity contribution is 6.32. The minimum atomic E-state index is 0.539. The van der Waals surface area contributed by atoms with E-state index in [1.807, 2.05) is 37.3 Å². The van der Waals surface area contributed by atoms with E-state index in [9.17, 15) is 0 Å². The highest BCUT2D eigenvalue weighted by atomic mass is 35.5. The second-order valence-electron chi connectivity index (χ2n) is 3.71. The van der Waals surface area contributed by atoms with E-state index in [-0.39, 0.29) is 0 Å². The zero-order chi connectivity index (χ0) is 12.3. The fourth-order valence-electron chi connectivity index (χ4n) is 1.45. The van der Waals surface area contributed by atoms with Crippen LogP contribution >= 0.6 is 11.6 Å². The van der Waals surface area contributed by atoms with Gasteiger partial charge in [0.05, 0.1) is 12.1 Å². The van der Waals surface area contributed by atoms with E-state index in [0.717, 1.165) is 5.75 Å². The van der Waals surface area contributed by atoms with Crippen LogP contribution in [0.2, 0.25) is 5.02 Å². The van der Waals surface area contributed by atoms with E-state index >= 15 is 0 Å². The Labute approximate surface area is 106 Å². The van der Waals surface area contributed by atoms with Crippen LogP contribution in [0.15, 0.2) is 42.5 Å². The third-order valence-electron chi connectivity index (χ3n) is 2.38. The minimum absolute atomic E-state index is 0.539. The summed E-state index contributed by atoms with van der Waals surface area (Å²) in [5, 5.41) is 0.539. The van der Waals surface area contributed by atoms with Gasteiger partial charge in [-0.25, -0.2) is 0 Å². The number of hydrogen-bond acceptors (Lipinski definition) is 2. The molecular formula is C14H13ClO2. The normalized spacial score (nSPS) is 10.1. The number of benzene rings is 2. The molecule has 0 amide bonds. The zero-order valence-corrected chi connectivity index (χ0v) is 10.5. The van der Waals surface area contributed by atoms with Crippen LogP contribution in [0.5, 0.6) is 17.2 Å². The summed E-state index contributed by atoms with van der Waals surface area (Å²) in [5.74, 6) is 2.12. The molecular weight excluding hydrogens is 236 g/mol. The third kappa shape index (κ3) is 2.92. The Hall–Kier alpha value is -1.67. The number of hydrogen-bond donors (Lipinski definition) is 0. The molecule has 2 aromatic carbocycles. The fourth-order valence-corrected chi connectivity index (χ4v) is 1.70. The smallest absolute Gasteiger partial charge is 0.137 e. The molecule has 2 aromatic rings. The van der Waals surface area contributed by atoms with Crippen molar-refractivity contribution >= 4 is 11.6 Å². The quantitative estimate of drug-likeness (QED) is 0.799. The third-order valence-corrected chi connectivity index (χ3v) is 2.68. The molecule has 0 bridgehead atoms. The topological polar surface area (TPSA) is 18.5 Å². The predicted octanol–water partition coefficient (Wildman–Crippen LogP) is 4.45. The molecule has 0 aromatic heterocycles. The Morgan fingerprint density at radius 3 is 2.18 bits per heavy atom. The largest absolute Gasteiger partial charge is 0.495 e. The zero-order valence-electron chi connectivity index (χ0n) is 9.74. The number of methoxy groups -OCH3 is 1. The molecule has 2 rings (SSSR count). The highest BCUT2D eigenvalue weighted by Crippen LogP contribution is 2.30. The predicted molar refractivity (Wildman–Crippen MR) is 69.3 cm³/mol. The van der Waals surface area contributed by atoms with Crippen molar-refractivity contribution < 1.29 is 9.47 Å². The van der Waals surface area contributed by atoms with Gasteiger partial charge in [-0.15, -0.1) is 0 Å². The van der Waals surface area contributed by atoms with Crippen molar-refractivity contribution in [2.45, 2.75) is 6.92 Å². The summed E-state index contributed by atoms with van der Waals surface area (Å²) >= 11 is 6.02. The van der Waals surface area contributed by atoms with Crippen molar-refractivity contribution in [3.8, 4) is 17.2 Å². The van der Waals surface area contributed by atoms with E-state index in [1.54, 1.807) is 19.2 Å². The molecule has 0 radical (unpaired) electrons. The first-order valence-corrected chi connectivity index (χ1v) is 5.65. The van der Waals surface area contributed by atoms with Gasteiger partial charge in [0.25, 0.3) is 0 Å². The number of ether oxygens (including phenoxy) is 2. The first-order valence-electron chi connectivity index (χ1n) is 5.27. The lowest BCUT2D eigenvalue weighted by Crippen LogP contribution is -1.87. The molecule has 0 aliphatic rings. The fraction of sp³-hybridized carbons (Fsp3) is 0.143. The molecule has 0 saturated carbocycles. The van der Waals surface area contributed by atoms with Gasteiger partial charge in [-0.3, -0.25) is 0 Å². The molecule has 0 spiro atoms. The van der Waals surface area contributed by atoms with E-state index in [1.165, 1.54) is 5.56 Å². The minimum Gasteiger partial charge on any atom is -0.495 e. The Morgan fingerprint density at radius 1 is 0.941 bits per heavy atom. The van der Waals surface area contributed by atoms with Gasteiger partial charge in [0.2, 0.25) is 0 Å². The first-order chi connectivity index (χ1) is 8.19. The maximum Gasteiger partial charge on any atom is 0.137 e. The standard InChI is InChI=1S/C14H13ClO2/c1-10-3-5-11(6-4-10)17-12-7-8-14(16-2)13(15)9-12/h3-9H,1-2H3. The van der Waals surface area contributed by atoms with Crippen LogP contribution in [0.1, 0.15) is 5.56 Å². The molecule has 2 nitrogen and oxygen atoms in total. The van der Waals surface area contributed by atoms with Crippen LogP contribution in [0, 0.1) is 6.92 Å². The lowest BCUT2D eigenvalue weighted by Gasteiger charge is -2.08. The lowest BCUT2D eigenvalue weighted by molar-refractivity contribution is 0.413. The van der Waals surface area contributed by atoms with Crippen molar-refractivity contribution in [1.29, 1.82) is 0 Å². The molecule has 0 aliphatic carbocycles. The first kappa shape index (κ1) is 11.8. The second kappa shape index (κ2) is 5.11. The van der Waals surface area contributed by atoms with Gasteiger partial charge in [0.1, 0.15) is 17.2 Å². The summed E-state index contributed by atoms with van der Waals surface area (Å²) in [6.45, 7) is 2.04. The summed E-state index contributed by atoms with van der Waals surface area (Å²) < 4.78 is 10.8. The van der Waals surface area contributed by atoms with Crippen molar-refractivity contribution in [2.24, 2.45) is 0 Å². The SMILES string of the molecule is COc1ccc(Oc2ccc(C)cc2)cc1Cl. The van der Waals surface area contributed by atoms with Crippen LogP contribution in [-0.2, 0) is 0 Å². The molecule has 0 fully saturated rings. The number of aryl methyl sites for hydroxylation is 1. The van der Waals surface area contributed by atoms with Gasteiger partial charge in [-0.1, -0.05) is 29.3 Å². The van der Waals surface area contributed by atoms with Crippen LogP contribution in [-0.4, -0.2) is 7.11 Å². The molecule has 0 saturated heterocycles. The maximum absolute atomic E-state index is 6.02. The number of rotatable bonds is 3. The highest BCUT2D eigenvalue weighted by Gasteiger charge is 2.03. The van der Waals surface area contributed by atoms with E-state index in [0.29, 0.717) is 16.5 Å². The van der Waals surface area contributed by atoms with Gasteiger partial charge in [-0.2, -0.15) is 0 Å². The van der Waals surface area contributed by atoms with Gasteiger partial charge < -0.3 is 9.47 Å². The Morgan fingerprint density at radius 2 is 1.59 bits per heavy atom. The number of halogens is 1. The molecule has 0 aliphatic heterocycles. The average Bonchev–Trinajstić information content (AvgIpc) is 2.32.